The summed E-state index contributed by atoms with van der Waals surface area (Å²) >= 11 is 4.20. The fourth-order valence-corrected chi connectivity index (χ4v) is 1.90. The number of nitrogens with one attached hydrogen (secondary N) is 1. The van der Waals surface area contributed by atoms with Gasteiger partial charge in [0.25, 0.3) is 0 Å². The van der Waals surface area contributed by atoms with Crippen molar-refractivity contribution >= 4 is 18.8 Å². The van der Waals surface area contributed by atoms with Crippen molar-refractivity contribution in [2.45, 2.75) is 6.54 Å². The molecule has 0 aromatic heterocycles. The van der Waals surface area contributed by atoms with Crippen LogP contribution in [0.5, 0.6) is 0 Å². The molecule has 0 aliphatic carbocycles. The van der Waals surface area contributed by atoms with Gasteiger partial charge in [0.1, 0.15) is 0 Å². The number of rotatable bonds is 3. The van der Waals surface area contributed by atoms with Crippen LogP contribution in [0.2, 0.25) is 0 Å². The summed E-state index contributed by atoms with van der Waals surface area (Å²) in [7, 11) is 0. The molecule has 1 heterocycles. The molecule has 1 saturated heterocycles. The van der Waals surface area contributed by atoms with Crippen LogP contribution in [-0.2, 0) is 11.3 Å². The number of hydrogen-bond acceptors (Lipinski definition) is 4. The maximum absolute atomic E-state index is 11.9. The van der Waals surface area contributed by atoms with E-state index in [1.165, 1.54) is 4.31 Å². The largest absolute Gasteiger partial charge is 0.379 e. The first-order valence-electron chi connectivity index (χ1n) is 5.89. The summed E-state index contributed by atoms with van der Waals surface area (Å²) in [6.07, 6.45) is 0. The SMILES string of the molecule is O=C(NN1CCOCC1)N(S)Cc1ccccc1. The first-order valence-corrected chi connectivity index (χ1v) is 6.29. The van der Waals surface area contributed by atoms with Gasteiger partial charge < -0.3 is 4.74 Å². The quantitative estimate of drug-likeness (QED) is 0.811. The van der Waals surface area contributed by atoms with Crippen molar-refractivity contribution in [2.75, 3.05) is 26.3 Å². The lowest BCUT2D eigenvalue weighted by molar-refractivity contribution is 0.0180. The first-order chi connectivity index (χ1) is 8.75. The number of thiol groups is 1. The highest BCUT2D eigenvalue weighted by atomic mass is 32.1. The lowest BCUT2D eigenvalue weighted by atomic mass is 10.2. The molecule has 0 unspecified atom stereocenters. The summed E-state index contributed by atoms with van der Waals surface area (Å²) in [5.74, 6) is 0. The Morgan fingerprint density at radius 3 is 2.67 bits per heavy atom. The molecule has 5 nitrogen and oxygen atoms in total. The molecule has 1 aromatic carbocycles. The van der Waals surface area contributed by atoms with E-state index in [9.17, 15) is 4.79 Å². The van der Waals surface area contributed by atoms with Crippen LogP contribution >= 0.6 is 12.8 Å². The van der Waals surface area contributed by atoms with Crippen molar-refractivity contribution in [1.82, 2.24) is 14.7 Å². The van der Waals surface area contributed by atoms with Crippen LogP contribution < -0.4 is 5.43 Å². The molecule has 0 atom stereocenters. The molecule has 1 aromatic rings. The van der Waals surface area contributed by atoms with Gasteiger partial charge in [-0.15, -0.1) is 0 Å². The fourth-order valence-electron chi connectivity index (χ4n) is 1.70. The summed E-state index contributed by atoms with van der Waals surface area (Å²) < 4.78 is 6.58. The van der Waals surface area contributed by atoms with Gasteiger partial charge in [-0.3, -0.25) is 9.73 Å². The lowest BCUT2D eigenvalue weighted by Crippen LogP contribution is -2.50. The highest BCUT2D eigenvalue weighted by molar-refractivity contribution is 7.78. The van der Waals surface area contributed by atoms with Crippen LogP contribution in [0.3, 0.4) is 0 Å². The first kappa shape index (κ1) is 13.2. The zero-order valence-corrected chi connectivity index (χ0v) is 11.0. The number of hydrogen-bond donors (Lipinski definition) is 2. The van der Waals surface area contributed by atoms with Crippen molar-refractivity contribution < 1.29 is 9.53 Å². The van der Waals surface area contributed by atoms with Gasteiger partial charge in [0.2, 0.25) is 0 Å². The summed E-state index contributed by atoms with van der Waals surface area (Å²) in [5.41, 5.74) is 3.85. The minimum atomic E-state index is -0.218. The van der Waals surface area contributed by atoms with E-state index in [2.05, 4.69) is 18.2 Å². The van der Waals surface area contributed by atoms with Gasteiger partial charge in [-0.25, -0.2) is 9.80 Å². The molecule has 98 valence electrons. The highest BCUT2D eigenvalue weighted by Crippen LogP contribution is 2.07. The maximum Gasteiger partial charge on any atom is 0.342 e. The van der Waals surface area contributed by atoms with Gasteiger partial charge in [0, 0.05) is 13.1 Å². The van der Waals surface area contributed by atoms with E-state index in [-0.39, 0.29) is 6.03 Å². The second-order valence-electron chi connectivity index (χ2n) is 4.06. The van der Waals surface area contributed by atoms with Crippen molar-refractivity contribution in [3.8, 4) is 0 Å². The van der Waals surface area contributed by atoms with E-state index in [0.717, 1.165) is 5.56 Å². The Labute approximate surface area is 112 Å². The smallest absolute Gasteiger partial charge is 0.342 e. The molecule has 18 heavy (non-hydrogen) atoms. The number of nitrogens with zero attached hydrogens (tertiary/aromatic N) is 2. The Bertz CT molecular complexity index is 382. The summed E-state index contributed by atoms with van der Waals surface area (Å²) in [6, 6.07) is 9.54. The lowest BCUT2D eigenvalue weighted by Gasteiger charge is -2.28. The van der Waals surface area contributed by atoms with Gasteiger partial charge in [-0.2, -0.15) is 0 Å². The summed E-state index contributed by atoms with van der Waals surface area (Å²) in [6.45, 7) is 3.18. The second-order valence-corrected chi connectivity index (χ2v) is 4.54. The molecule has 6 heteroatoms. The molecular formula is C12H17N3O2S. The highest BCUT2D eigenvalue weighted by Gasteiger charge is 2.16. The third-order valence-electron chi connectivity index (χ3n) is 2.67. The molecule has 2 amide bonds. The molecule has 2 rings (SSSR count). The van der Waals surface area contributed by atoms with Crippen LogP contribution in [0.1, 0.15) is 5.56 Å². The molecule has 1 N–H and O–H groups in total. The predicted octanol–water partition coefficient (Wildman–Crippen LogP) is 1.29. The molecule has 0 spiro atoms. The van der Waals surface area contributed by atoms with Gasteiger partial charge >= 0.3 is 6.03 Å². The molecule has 0 radical (unpaired) electrons. The molecule has 0 saturated carbocycles. The Morgan fingerprint density at radius 1 is 1.33 bits per heavy atom. The average molecular weight is 267 g/mol. The van der Waals surface area contributed by atoms with E-state index in [1.807, 2.05) is 35.3 Å². The number of amides is 2. The van der Waals surface area contributed by atoms with Crippen LogP contribution in [0.4, 0.5) is 4.79 Å². The number of urea groups is 1. The number of carbonyl (C=O) groups excluding carboxylic acids is 1. The van der Waals surface area contributed by atoms with Crippen molar-refractivity contribution in [3.05, 3.63) is 35.9 Å². The monoisotopic (exact) mass is 267 g/mol. The number of morpholine rings is 1. The summed E-state index contributed by atoms with van der Waals surface area (Å²) in [5, 5.41) is 1.85. The second kappa shape index (κ2) is 6.63. The van der Waals surface area contributed by atoms with Crippen molar-refractivity contribution in [3.63, 3.8) is 0 Å². The van der Waals surface area contributed by atoms with E-state index in [1.54, 1.807) is 0 Å². The number of carbonyl (C=O) groups is 1. The molecule has 1 aliphatic heterocycles. The Hall–Kier alpha value is -1.24. The molecule has 1 aliphatic rings. The standard InChI is InChI=1S/C12H17N3O2S/c16-12(13-14-6-8-17-9-7-14)15(18)10-11-4-2-1-3-5-11/h1-5,18H,6-10H2,(H,13,16). The van der Waals surface area contributed by atoms with Gasteiger partial charge in [0.15, 0.2) is 0 Å². The fraction of sp³-hybridized carbons (Fsp3) is 0.417. The Morgan fingerprint density at radius 2 is 2.00 bits per heavy atom. The Kier molecular flexibility index (Phi) is 4.86. The normalized spacial score (nSPS) is 16.3. The third-order valence-corrected chi connectivity index (χ3v) is 3.00. The van der Waals surface area contributed by atoms with Gasteiger partial charge in [0.05, 0.1) is 19.8 Å². The predicted molar refractivity (Wildman–Crippen MR) is 71.9 cm³/mol. The minimum absolute atomic E-state index is 0.218. The topological polar surface area (TPSA) is 44.8 Å². The van der Waals surface area contributed by atoms with Crippen molar-refractivity contribution in [2.24, 2.45) is 0 Å². The van der Waals surface area contributed by atoms with Gasteiger partial charge in [-0.1, -0.05) is 43.1 Å². The van der Waals surface area contributed by atoms with E-state index >= 15 is 0 Å². The third kappa shape index (κ3) is 3.90. The number of hydrazine groups is 1. The molecular weight excluding hydrogens is 250 g/mol. The average Bonchev–Trinajstić information content (AvgIpc) is 2.41. The zero-order valence-electron chi connectivity index (χ0n) is 10.1. The number of ether oxygens (including phenoxy) is 1. The maximum atomic E-state index is 11.9. The van der Waals surface area contributed by atoms with Crippen LogP contribution in [0.15, 0.2) is 30.3 Å². The molecule has 1 fully saturated rings. The summed E-state index contributed by atoms with van der Waals surface area (Å²) in [4.78, 5) is 11.9. The number of benzene rings is 1. The van der Waals surface area contributed by atoms with Crippen LogP contribution in [0.25, 0.3) is 0 Å². The Balaban J connectivity index is 1.81. The van der Waals surface area contributed by atoms with E-state index < -0.39 is 0 Å². The van der Waals surface area contributed by atoms with Crippen molar-refractivity contribution in [1.29, 1.82) is 0 Å². The van der Waals surface area contributed by atoms with E-state index in [0.29, 0.717) is 32.8 Å². The minimum Gasteiger partial charge on any atom is -0.379 e. The molecule has 0 bridgehead atoms. The zero-order chi connectivity index (χ0) is 12.8. The van der Waals surface area contributed by atoms with Crippen LogP contribution in [0, 0.1) is 0 Å². The van der Waals surface area contributed by atoms with Crippen LogP contribution in [-0.4, -0.2) is 41.6 Å². The van der Waals surface area contributed by atoms with E-state index in [4.69, 9.17) is 4.74 Å². The van der Waals surface area contributed by atoms with Gasteiger partial charge in [-0.05, 0) is 5.56 Å².